The summed E-state index contributed by atoms with van der Waals surface area (Å²) in [6.45, 7) is 5.38. The zero-order valence-electron chi connectivity index (χ0n) is 18.1. The maximum absolute atomic E-state index is 13.5. The van der Waals surface area contributed by atoms with Gasteiger partial charge in [0.05, 0.1) is 11.3 Å². The van der Waals surface area contributed by atoms with Crippen LogP contribution in [0.3, 0.4) is 0 Å². The number of amides is 3. The molecule has 0 unspecified atom stereocenters. The van der Waals surface area contributed by atoms with Gasteiger partial charge in [0.25, 0.3) is 11.8 Å². The maximum Gasteiger partial charge on any atom is 0.282 e. The van der Waals surface area contributed by atoms with E-state index in [9.17, 15) is 14.4 Å². The van der Waals surface area contributed by atoms with Gasteiger partial charge in [0.15, 0.2) is 0 Å². The van der Waals surface area contributed by atoms with Crippen molar-refractivity contribution in [2.24, 2.45) is 0 Å². The van der Waals surface area contributed by atoms with Crippen molar-refractivity contribution in [2.75, 3.05) is 15.5 Å². The molecular weight excluding hydrogens is 402 g/mol. The summed E-state index contributed by atoms with van der Waals surface area (Å²) >= 11 is 0. The normalized spacial score (nSPS) is 13.5. The molecule has 0 saturated heterocycles. The average molecular weight is 425 g/mol. The van der Waals surface area contributed by atoms with Crippen molar-refractivity contribution in [3.8, 4) is 0 Å². The van der Waals surface area contributed by atoms with Gasteiger partial charge in [-0.25, -0.2) is 4.90 Å². The summed E-state index contributed by atoms with van der Waals surface area (Å²) in [4.78, 5) is 39.4. The Kier molecular flexibility index (Phi) is 5.60. The molecule has 0 radical (unpaired) electrons. The molecular formula is C26H23N3O3. The maximum atomic E-state index is 13.5. The molecule has 0 aliphatic carbocycles. The quantitative estimate of drug-likeness (QED) is 0.583. The van der Waals surface area contributed by atoms with Gasteiger partial charge in [0, 0.05) is 18.3 Å². The molecule has 3 aromatic carbocycles. The van der Waals surface area contributed by atoms with Crippen LogP contribution in [0, 0.1) is 13.8 Å². The lowest BCUT2D eigenvalue weighted by atomic mass is 10.0. The van der Waals surface area contributed by atoms with E-state index < -0.39 is 11.8 Å². The molecule has 0 atom stereocenters. The molecule has 160 valence electrons. The van der Waals surface area contributed by atoms with Crippen LogP contribution in [-0.4, -0.2) is 17.7 Å². The van der Waals surface area contributed by atoms with E-state index >= 15 is 0 Å². The van der Waals surface area contributed by atoms with E-state index in [2.05, 4.69) is 10.6 Å². The molecule has 1 heterocycles. The Morgan fingerprint density at radius 3 is 2.16 bits per heavy atom. The van der Waals surface area contributed by atoms with Crippen molar-refractivity contribution in [2.45, 2.75) is 20.8 Å². The summed E-state index contributed by atoms with van der Waals surface area (Å²) in [7, 11) is 0. The van der Waals surface area contributed by atoms with Crippen molar-refractivity contribution >= 4 is 40.4 Å². The van der Waals surface area contributed by atoms with Gasteiger partial charge in [-0.15, -0.1) is 0 Å². The number of nitrogens with zero attached hydrogens (tertiary/aromatic N) is 1. The number of hydrogen-bond donors (Lipinski definition) is 2. The van der Waals surface area contributed by atoms with Crippen LogP contribution in [0.25, 0.3) is 5.57 Å². The first-order chi connectivity index (χ1) is 15.3. The monoisotopic (exact) mass is 425 g/mol. The number of aryl methyl sites for hydroxylation is 2. The first kappa shape index (κ1) is 21.1. The van der Waals surface area contributed by atoms with Gasteiger partial charge in [-0.05, 0) is 55.3 Å². The fourth-order valence-corrected chi connectivity index (χ4v) is 3.74. The number of rotatable bonds is 5. The number of carbonyl (C=O) groups excluding carboxylic acids is 3. The number of carbonyl (C=O) groups is 3. The Hall–Kier alpha value is -4.19. The minimum Gasteiger partial charge on any atom is -0.350 e. The highest BCUT2D eigenvalue weighted by atomic mass is 16.2. The molecule has 32 heavy (non-hydrogen) atoms. The second-order valence-electron chi connectivity index (χ2n) is 7.73. The van der Waals surface area contributed by atoms with Crippen LogP contribution in [0.2, 0.25) is 0 Å². The Morgan fingerprint density at radius 1 is 0.844 bits per heavy atom. The van der Waals surface area contributed by atoms with Gasteiger partial charge >= 0.3 is 0 Å². The number of nitrogens with one attached hydrogen (secondary N) is 2. The molecule has 0 fully saturated rings. The molecule has 0 spiro atoms. The van der Waals surface area contributed by atoms with Crippen LogP contribution in [0.1, 0.15) is 23.6 Å². The predicted molar refractivity (Wildman–Crippen MR) is 126 cm³/mol. The summed E-state index contributed by atoms with van der Waals surface area (Å²) in [6.07, 6.45) is 0. The Morgan fingerprint density at radius 2 is 1.53 bits per heavy atom. The molecule has 3 aromatic rings. The van der Waals surface area contributed by atoms with E-state index in [0.29, 0.717) is 22.5 Å². The molecule has 1 aliphatic heterocycles. The van der Waals surface area contributed by atoms with Gasteiger partial charge in [0.1, 0.15) is 5.70 Å². The molecule has 6 heteroatoms. The van der Waals surface area contributed by atoms with E-state index in [-0.39, 0.29) is 11.6 Å². The van der Waals surface area contributed by atoms with Crippen molar-refractivity contribution in [3.63, 3.8) is 0 Å². The molecule has 1 aliphatic rings. The van der Waals surface area contributed by atoms with Gasteiger partial charge in [-0.3, -0.25) is 14.4 Å². The van der Waals surface area contributed by atoms with Crippen molar-refractivity contribution < 1.29 is 14.4 Å². The SMILES string of the molecule is CC(=O)Nc1ccc(N2C(=O)C(Nc3ccc(C)cc3C)=C(c3ccccc3)C2=O)cc1. The third-order valence-corrected chi connectivity index (χ3v) is 5.23. The molecule has 6 nitrogen and oxygen atoms in total. The molecule has 0 bridgehead atoms. The van der Waals surface area contributed by atoms with Crippen LogP contribution >= 0.6 is 0 Å². The summed E-state index contributed by atoms with van der Waals surface area (Å²) in [5.41, 5.74) is 5.09. The van der Waals surface area contributed by atoms with Crippen LogP contribution in [0.15, 0.2) is 78.5 Å². The van der Waals surface area contributed by atoms with Crippen molar-refractivity contribution in [1.82, 2.24) is 0 Å². The van der Waals surface area contributed by atoms with Gasteiger partial charge in [-0.1, -0.05) is 48.0 Å². The number of imide groups is 1. The van der Waals surface area contributed by atoms with Crippen molar-refractivity contribution in [3.05, 3.63) is 95.2 Å². The third-order valence-electron chi connectivity index (χ3n) is 5.23. The van der Waals surface area contributed by atoms with E-state index in [1.54, 1.807) is 24.3 Å². The minimum atomic E-state index is -0.430. The fraction of sp³-hybridized carbons (Fsp3) is 0.115. The predicted octanol–water partition coefficient (Wildman–Crippen LogP) is 4.66. The topological polar surface area (TPSA) is 78.5 Å². The van der Waals surface area contributed by atoms with Crippen LogP contribution < -0.4 is 15.5 Å². The summed E-state index contributed by atoms with van der Waals surface area (Å²) < 4.78 is 0. The van der Waals surface area contributed by atoms with Crippen LogP contribution in [0.5, 0.6) is 0 Å². The van der Waals surface area contributed by atoms with E-state index in [0.717, 1.165) is 21.7 Å². The van der Waals surface area contributed by atoms with Crippen LogP contribution in [-0.2, 0) is 14.4 Å². The highest BCUT2D eigenvalue weighted by Crippen LogP contribution is 2.34. The standard InChI is InChI=1S/C26H23N3O3/c1-16-9-14-22(17(2)15-16)28-24-23(19-7-5-4-6-8-19)25(31)29(26(24)32)21-12-10-20(11-13-21)27-18(3)30/h4-15,28H,1-3H3,(H,27,30). The third kappa shape index (κ3) is 4.03. The lowest BCUT2D eigenvalue weighted by Crippen LogP contribution is -2.32. The second-order valence-corrected chi connectivity index (χ2v) is 7.73. The lowest BCUT2D eigenvalue weighted by molar-refractivity contribution is -0.120. The molecule has 0 saturated carbocycles. The minimum absolute atomic E-state index is 0.195. The van der Waals surface area contributed by atoms with Crippen LogP contribution in [0.4, 0.5) is 17.1 Å². The van der Waals surface area contributed by atoms with E-state index in [1.807, 2.05) is 62.4 Å². The first-order valence-corrected chi connectivity index (χ1v) is 10.3. The zero-order valence-corrected chi connectivity index (χ0v) is 18.1. The molecule has 4 rings (SSSR count). The zero-order chi connectivity index (χ0) is 22.8. The Balaban J connectivity index is 1.75. The summed E-state index contributed by atoms with van der Waals surface area (Å²) in [6, 6.07) is 21.6. The number of hydrogen-bond acceptors (Lipinski definition) is 4. The fourth-order valence-electron chi connectivity index (χ4n) is 3.74. The van der Waals surface area contributed by atoms with E-state index in [4.69, 9.17) is 0 Å². The van der Waals surface area contributed by atoms with Gasteiger partial charge in [0.2, 0.25) is 5.91 Å². The second kappa shape index (κ2) is 8.51. The molecule has 3 amide bonds. The summed E-state index contributed by atoms with van der Waals surface area (Å²) in [5, 5.41) is 5.89. The van der Waals surface area contributed by atoms with E-state index in [1.165, 1.54) is 6.92 Å². The largest absolute Gasteiger partial charge is 0.350 e. The smallest absolute Gasteiger partial charge is 0.282 e. The first-order valence-electron chi connectivity index (χ1n) is 10.3. The van der Waals surface area contributed by atoms with Gasteiger partial charge < -0.3 is 10.6 Å². The van der Waals surface area contributed by atoms with Gasteiger partial charge in [-0.2, -0.15) is 0 Å². The Bertz CT molecular complexity index is 1250. The lowest BCUT2D eigenvalue weighted by Gasteiger charge is -2.16. The van der Waals surface area contributed by atoms with Crippen molar-refractivity contribution in [1.29, 1.82) is 0 Å². The highest BCUT2D eigenvalue weighted by Gasteiger charge is 2.40. The highest BCUT2D eigenvalue weighted by molar-refractivity contribution is 6.46. The molecule has 0 aromatic heterocycles. The number of benzene rings is 3. The Labute approximate surface area is 186 Å². The summed E-state index contributed by atoms with van der Waals surface area (Å²) in [5.74, 6) is -1.03. The molecule has 2 N–H and O–H groups in total. The average Bonchev–Trinajstić information content (AvgIpc) is 3.00. The number of anilines is 3.